The molecule has 1 aliphatic rings. The molecule has 0 N–H and O–H groups in total. The first-order valence-corrected chi connectivity index (χ1v) is 17.3. The lowest BCUT2D eigenvalue weighted by Crippen LogP contribution is -1.82. The van der Waals surface area contributed by atoms with Gasteiger partial charge >= 0.3 is 0 Å². The highest BCUT2D eigenvalue weighted by molar-refractivity contribution is 6.23. The monoisotopic (exact) mass is 632 g/mol. The van der Waals surface area contributed by atoms with Gasteiger partial charge in [0.25, 0.3) is 0 Å². The van der Waals surface area contributed by atoms with Crippen LogP contribution in [0.1, 0.15) is 0 Å². The summed E-state index contributed by atoms with van der Waals surface area (Å²) in [5.74, 6) is 0. The van der Waals surface area contributed by atoms with Gasteiger partial charge in [0, 0.05) is 0 Å². The zero-order valence-corrected chi connectivity index (χ0v) is 27.5. The van der Waals surface area contributed by atoms with Crippen LogP contribution in [0.4, 0.5) is 0 Å². The molecule has 232 valence electrons. The minimum absolute atomic E-state index is 1.31. The molecule has 0 aromatic heterocycles. The van der Waals surface area contributed by atoms with Gasteiger partial charge in [0.15, 0.2) is 0 Å². The SMILES string of the molecule is c1cc2ccc3cccc4ccc(c1)c2c34.c1ccc2c(c1)-c1cccc3cccc-2c13.c1ccc2cc3c(ccc4ccccc43)cc2c1. The Hall–Kier alpha value is -6.50. The number of fused-ring (bicyclic) bond motifs is 7. The van der Waals surface area contributed by atoms with E-state index in [2.05, 4.69) is 194 Å². The van der Waals surface area contributed by atoms with Crippen molar-refractivity contribution in [3.63, 3.8) is 0 Å². The molecular weight excluding hydrogens is 601 g/mol. The molecule has 50 heavy (non-hydrogen) atoms. The Labute approximate surface area is 290 Å². The van der Waals surface area contributed by atoms with E-state index in [4.69, 9.17) is 0 Å². The average molecular weight is 633 g/mol. The summed E-state index contributed by atoms with van der Waals surface area (Å²) in [4.78, 5) is 0. The van der Waals surface area contributed by atoms with Gasteiger partial charge in [-0.25, -0.2) is 0 Å². The molecule has 11 aromatic carbocycles. The van der Waals surface area contributed by atoms with E-state index in [1.165, 1.54) is 97.7 Å². The van der Waals surface area contributed by atoms with E-state index in [9.17, 15) is 0 Å². The molecular formula is C50H32. The molecule has 0 unspecified atom stereocenters. The minimum Gasteiger partial charge on any atom is -0.0616 e. The van der Waals surface area contributed by atoms with Gasteiger partial charge in [0.2, 0.25) is 0 Å². The van der Waals surface area contributed by atoms with Gasteiger partial charge < -0.3 is 0 Å². The summed E-state index contributed by atoms with van der Waals surface area (Å²) in [5, 5.41) is 18.8. The highest BCUT2D eigenvalue weighted by Crippen LogP contribution is 2.46. The minimum atomic E-state index is 1.31. The first-order valence-electron chi connectivity index (χ1n) is 17.3. The molecule has 0 heterocycles. The molecule has 0 aliphatic heterocycles. The van der Waals surface area contributed by atoms with Gasteiger partial charge in [-0.2, -0.15) is 0 Å². The van der Waals surface area contributed by atoms with Crippen LogP contribution in [0.2, 0.25) is 0 Å². The van der Waals surface area contributed by atoms with Crippen LogP contribution in [-0.2, 0) is 0 Å². The molecule has 0 bridgehead atoms. The largest absolute Gasteiger partial charge is 0.0616 e. The fourth-order valence-corrected chi connectivity index (χ4v) is 8.11. The number of hydrogen-bond donors (Lipinski definition) is 0. The summed E-state index contributed by atoms with van der Waals surface area (Å²) in [5.41, 5.74) is 5.50. The van der Waals surface area contributed by atoms with Crippen molar-refractivity contribution in [1.82, 2.24) is 0 Å². The van der Waals surface area contributed by atoms with Gasteiger partial charge in [-0.05, 0) is 110 Å². The smallest absolute Gasteiger partial charge is 0.00264 e. The van der Waals surface area contributed by atoms with E-state index in [1.807, 2.05) is 0 Å². The van der Waals surface area contributed by atoms with Crippen LogP contribution >= 0.6 is 0 Å². The fraction of sp³-hybridized carbons (Fsp3) is 0. The molecule has 0 fully saturated rings. The number of benzene rings is 11. The molecule has 12 rings (SSSR count). The van der Waals surface area contributed by atoms with Crippen LogP contribution in [0.25, 0.3) is 97.7 Å². The van der Waals surface area contributed by atoms with Gasteiger partial charge in [0.05, 0.1) is 0 Å². The maximum atomic E-state index is 2.30. The third-order valence-corrected chi connectivity index (χ3v) is 10.4. The van der Waals surface area contributed by atoms with E-state index in [-0.39, 0.29) is 0 Å². The van der Waals surface area contributed by atoms with Crippen molar-refractivity contribution >= 4 is 75.4 Å². The highest BCUT2D eigenvalue weighted by atomic mass is 14.2. The third kappa shape index (κ3) is 4.61. The summed E-state index contributed by atoms with van der Waals surface area (Å²) in [7, 11) is 0. The van der Waals surface area contributed by atoms with E-state index in [0.29, 0.717) is 0 Å². The Balaban J connectivity index is 0.0000000951. The summed E-state index contributed by atoms with van der Waals surface area (Å²) in [6.07, 6.45) is 0. The molecule has 0 atom stereocenters. The number of hydrogen-bond acceptors (Lipinski definition) is 0. The standard InChI is InChI=1S/C18H12.2C16H10/c1-2-7-15-12-18-16(11-14(15)6-1)10-9-13-5-3-4-8-17(13)18;1-3-11-7-9-13-5-2-6-14-10-8-12(4-1)15(11)16(13)14;1-2-8-13-12(7-1)14-9-3-5-11-6-4-10-15(13)16(11)14/h1-12H;2*1-10H. The van der Waals surface area contributed by atoms with Crippen LogP contribution in [0.3, 0.4) is 0 Å². The van der Waals surface area contributed by atoms with Gasteiger partial charge in [-0.3, -0.25) is 0 Å². The normalized spacial score (nSPS) is 11.6. The summed E-state index contributed by atoms with van der Waals surface area (Å²) in [6, 6.07) is 69.7. The predicted octanol–water partition coefficient (Wildman–Crippen LogP) is 14.2. The fourth-order valence-electron chi connectivity index (χ4n) is 8.11. The second kappa shape index (κ2) is 11.6. The molecule has 0 amide bonds. The molecule has 11 aromatic rings. The van der Waals surface area contributed by atoms with Crippen molar-refractivity contribution < 1.29 is 0 Å². The quantitative estimate of drug-likeness (QED) is 0.115. The van der Waals surface area contributed by atoms with E-state index in [0.717, 1.165) is 0 Å². The zero-order valence-electron chi connectivity index (χ0n) is 27.5. The maximum absolute atomic E-state index is 2.30. The lowest BCUT2D eigenvalue weighted by molar-refractivity contribution is 1.70. The van der Waals surface area contributed by atoms with Crippen molar-refractivity contribution in [2.24, 2.45) is 0 Å². The second-order valence-electron chi connectivity index (χ2n) is 13.3. The third-order valence-electron chi connectivity index (χ3n) is 10.4. The first kappa shape index (κ1) is 28.5. The Bertz CT molecular complexity index is 2840. The molecule has 0 saturated carbocycles. The Kier molecular flexibility index (Phi) is 6.60. The zero-order chi connectivity index (χ0) is 33.0. The molecule has 0 nitrogen and oxygen atoms in total. The van der Waals surface area contributed by atoms with Crippen LogP contribution in [-0.4, -0.2) is 0 Å². The molecule has 1 aliphatic carbocycles. The van der Waals surface area contributed by atoms with E-state index < -0.39 is 0 Å². The molecule has 0 heteroatoms. The number of rotatable bonds is 0. The predicted molar refractivity (Wildman–Crippen MR) is 217 cm³/mol. The van der Waals surface area contributed by atoms with Crippen molar-refractivity contribution in [2.45, 2.75) is 0 Å². The van der Waals surface area contributed by atoms with Gasteiger partial charge in [0.1, 0.15) is 0 Å². The van der Waals surface area contributed by atoms with Crippen molar-refractivity contribution in [3.05, 3.63) is 194 Å². The lowest BCUT2D eigenvalue weighted by Gasteiger charge is -2.09. The van der Waals surface area contributed by atoms with Crippen LogP contribution in [0, 0.1) is 0 Å². The van der Waals surface area contributed by atoms with Crippen molar-refractivity contribution in [2.75, 3.05) is 0 Å². The van der Waals surface area contributed by atoms with Crippen LogP contribution in [0.5, 0.6) is 0 Å². The van der Waals surface area contributed by atoms with Gasteiger partial charge in [-0.15, -0.1) is 0 Å². The van der Waals surface area contributed by atoms with Crippen molar-refractivity contribution in [3.8, 4) is 22.3 Å². The summed E-state index contributed by atoms with van der Waals surface area (Å²) < 4.78 is 0. The van der Waals surface area contributed by atoms with E-state index in [1.54, 1.807) is 0 Å². The summed E-state index contributed by atoms with van der Waals surface area (Å²) in [6.45, 7) is 0. The maximum Gasteiger partial charge on any atom is -0.00264 e. The van der Waals surface area contributed by atoms with Crippen molar-refractivity contribution in [1.29, 1.82) is 0 Å². The Morgan fingerprint density at radius 1 is 0.180 bits per heavy atom. The van der Waals surface area contributed by atoms with Gasteiger partial charge in [-0.1, -0.05) is 182 Å². The van der Waals surface area contributed by atoms with Crippen LogP contribution < -0.4 is 0 Å². The first-order chi connectivity index (χ1) is 24.8. The van der Waals surface area contributed by atoms with E-state index >= 15 is 0 Å². The topological polar surface area (TPSA) is 0 Å². The second-order valence-corrected chi connectivity index (χ2v) is 13.3. The molecule has 0 spiro atoms. The average Bonchev–Trinajstić information content (AvgIpc) is 3.52. The molecule has 0 radical (unpaired) electrons. The Morgan fingerprint density at radius 3 is 1.10 bits per heavy atom. The lowest BCUT2D eigenvalue weighted by atomic mass is 9.95. The summed E-state index contributed by atoms with van der Waals surface area (Å²) >= 11 is 0. The molecule has 0 saturated heterocycles. The Morgan fingerprint density at radius 2 is 0.540 bits per heavy atom. The van der Waals surface area contributed by atoms with Crippen LogP contribution in [0.15, 0.2) is 194 Å². The highest BCUT2D eigenvalue weighted by Gasteiger charge is 2.19.